The summed E-state index contributed by atoms with van der Waals surface area (Å²) in [5.74, 6) is -0.757. The van der Waals surface area contributed by atoms with Gasteiger partial charge in [-0.3, -0.25) is 9.59 Å². The monoisotopic (exact) mass is 262 g/mol. The topological polar surface area (TPSA) is 133 Å². The van der Waals surface area contributed by atoms with Crippen molar-refractivity contribution in [2.24, 2.45) is 5.73 Å². The summed E-state index contributed by atoms with van der Waals surface area (Å²) in [6.45, 7) is -0.106. The molecule has 6 N–H and O–H groups in total. The first-order valence-corrected chi connectivity index (χ1v) is 5.99. The highest BCUT2D eigenvalue weighted by Gasteiger charge is 2.16. The molecule has 0 rings (SSSR count). The smallest absolute Gasteiger partial charge is 0.220 e. The van der Waals surface area contributed by atoms with Crippen LogP contribution in [0.25, 0.3) is 0 Å². The summed E-state index contributed by atoms with van der Waals surface area (Å²) in [7, 11) is 0. The SMILES string of the molecule is NC(=O)CCCC(=O)NC[C@H](O)[C@@H](O)CCCO. The Morgan fingerprint density at radius 2 is 1.78 bits per heavy atom. The van der Waals surface area contributed by atoms with Crippen LogP contribution in [0.5, 0.6) is 0 Å². The van der Waals surface area contributed by atoms with Crippen LogP contribution >= 0.6 is 0 Å². The largest absolute Gasteiger partial charge is 0.396 e. The number of carbonyl (C=O) groups is 2. The van der Waals surface area contributed by atoms with Crippen LogP contribution in [0.4, 0.5) is 0 Å². The lowest BCUT2D eigenvalue weighted by atomic mass is 10.1. The molecule has 0 radical (unpaired) electrons. The molecule has 0 aliphatic heterocycles. The van der Waals surface area contributed by atoms with E-state index in [0.717, 1.165) is 0 Å². The molecule has 0 bridgehead atoms. The Morgan fingerprint density at radius 3 is 2.33 bits per heavy atom. The maximum absolute atomic E-state index is 11.3. The second-order valence-corrected chi connectivity index (χ2v) is 4.12. The quantitative estimate of drug-likeness (QED) is 0.318. The first kappa shape index (κ1) is 16.8. The average Bonchev–Trinajstić information content (AvgIpc) is 2.32. The first-order valence-electron chi connectivity index (χ1n) is 5.99. The highest BCUT2D eigenvalue weighted by atomic mass is 16.3. The van der Waals surface area contributed by atoms with E-state index in [0.29, 0.717) is 12.8 Å². The molecule has 0 fully saturated rings. The van der Waals surface area contributed by atoms with E-state index < -0.39 is 18.1 Å². The highest BCUT2D eigenvalue weighted by Crippen LogP contribution is 2.02. The van der Waals surface area contributed by atoms with Crippen LogP contribution in [0.3, 0.4) is 0 Å². The number of hydrogen-bond acceptors (Lipinski definition) is 5. The van der Waals surface area contributed by atoms with Crippen molar-refractivity contribution < 1.29 is 24.9 Å². The van der Waals surface area contributed by atoms with E-state index in [9.17, 15) is 19.8 Å². The lowest BCUT2D eigenvalue weighted by Gasteiger charge is -2.17. The van der Waals surface area contributed by atoms with Crippen molar-refractivity contribution in [3.05, 3.63) is 0 Å². The number of aliphatic hydroxyl groups is 3. The van der Waals surface area contributed by atoms with E-state index >= 15 is 0 Å². The van der Waals surface area contributed by atoms with Crippen LogP contribution in [0.1, 0.15) is 32.1 Å². The molecular weight excluding hydrogens is 240 g/mol. The summed E-state index contributed by atoms with van der Waals surface area (Å²) in [5, 5.41) is 29.9. The number of nitrogens with two attached hydrogens (primary N) is 1. The Bertz CT molecular complexity index is 260. The van der Waals surface area contributed by atoms with Gasteiger partial charge in [-0.2, -0.15) is 0 Å². The third kappa shape index (κ3) is 8.91. The van der Waals surface area contributed by atoms with E-state index in [1.165, 1.54) is 0 Å². The number of rotatable bonds is 10. The Kier molecular flexibility index (Phi) is 9.17. The standard InChI is InChI=1S/C11H22N2O5/c12-10(17)4-1-5-11(18)13-7-9(16)8(15)3-2-6-14/h8-9,14-16H,1-7H2,(H2,12,17)(H,13,18)/t8-,9-/m0/s1. The number of carbonyl (C=O) groups excluding carboxylic acids is 2. The van der Waals surface area contributed by atoms with Crippen molar-refractivity contribution in [2.45, 2.75) is 44.3 Å². The van der Waals surface area contributed by atoms with Crippen LogP contribution in [0.2, 0.25) is 0 Å². The maximum Gasteiger partial charge on any atom is 0.220 e. The van der Waals surface area contributed by atoms with Gasteiger partial charge in [0.05, 0.1) is 12.2 Å². The van der Waals surface area contributed by atoms with Crippen LogP contribution < -0.4 is 11.1 Å². The summed E-state index contributed by atoms with van der Waals surface area (Å²) >= 11 is 0. The molecule has 0 aromatic heterocycles. The van der Waals surface area contributed by atoms with Crippen molar-refractivity contribution in [2.75, 3.05) is 13.2 Å². The molecule has 2 amide bonds. The van der Waals surface area contributed by atoms with Gasteiger partial charge in [0, 0.05) is 26.0 Å². The summed E-state index contributed by atoms with van der Waals surface area (Å²) in [6, 6.07) is 0. The predicted octanol–water partition coefficient (Wildman–Crippen LogP) is -1.75. The Balaban J connectivity index is 3.67. The molecule has 0 aliphatic rings. The van der Waals surface area contributed by atoms with Crippen LogP contribution in [0.15, 0.2) is 0 Å². The van der Waals surface area contributed by atoms with Crippen molar-refractivity contribution in [1.29, 1.82) is 0 Å². The predicted molar refractivity (Wildman–Crippen MR) is 64.4 cm³/mol. The molecule has 2 atom stereocenters. The fourth-order valence-corrected chi connectivity index (χ4v) is 1.36. The second kappa shape index (κ2) is 9.81. The molecule has 0 aromatic rings. The maximum atomic E-state index is 11.3. The van der Waals surface area contributed by atoms with Crippen molar-refractivity contribution in [1.82, 2.24) is 5.32 Å². The fourth-order valence-electron chi connectivity index (χ4n) is 1.36. The fraction of sp³-hybridized carbons (Fsp3) is 0.818. The number of amides is 2. The van der Waals surface area contributed by atoms with Crippen molar-refractivity contribution >= 4 is 11.8 Å². The lowest BCUT2D eigenvalue weighted by molar-refractivity contribution is -0.122. The molecule has 0 aromatic carbocycles. The average molecular weight is 262 g/mol. The molecule has 0 heterocycles. The highest BCUT2D eigenvalue weighted by molar-refractivity contribution is 5.77. The van der Waals surface area contributed by atoms with E-state index in [1.807, 2.05) is 0 Å². The molecule has 0 saturated carbocycles. The molecule has 0 saturated heterocycles. The zero-order chi connectivity index (χ0) is 14.0. The van der Waals surface area contributed by atoms with Crippen LogP contribution in [-0.2, 0) is 9.59 Å². The summed E-state index contributed by atoms with van der Waals surface area (Å²) in [6.07, 6.45) is -0.693. The molecule has 7 nitrogen and oxygen atoms in total. The van der Waals surface area contributed by atoms with Gasteiger partial charge in [0.2, 0.25) is 11.8 Å². The van der Waals surface area contributed by atoms with E-state index in [-0.39, 0.29) is 38.3 Å². The minimum Gasteiger partial charge on any atom is -0.396 e. The zero-order valence-electron chi connectivity index (χ0n) is 10.3. The molecule has 0 spiro atoms. The van der Waals surface area contributed by atoms with Crippen LogP contribution in [-0.4, -0.2) is 52.5 Å². The Labute approximate surface area is 106 Å². The van der Waals surface area contributed by atoms with E-state index in [1.54, 1.807) is 0 Å². The van der Waals surface area contributed by atoms with Gasteiger partial charge >= 0.3 is 0 Å². The number of nitrogens with one attached hydrogen (secondary N) is 1. The second-order valence-electron chi connectivity index (χ2n) is 4.12. The molecule has 18 heavy (non-hydrogen) atoms. The normalized spacial score (nSPS) is 13.9. The van der Waals surface area contributed by atoms with Gasteiger partial charge in [0.1, 0.15) is 0 Å². The van der Waals surface area contributed by atoms with Crippen LogP contribution in [0, 0.1) is 0 Å². The number of aliphatic hydroxyl groups excluding tert-OH is 3. The molecule has 7 heteroatoms. The molecule has 0 unspecified atom stereocenters. The molecule has 106 valence electrons. The van der Waals surface area contributed by atoms with Gasteiger partial charge in [0.25, 0.3) is 0 Å². The lowest BCUT2D eigenvalue weighted by Crippen LogP contribution is -2.39. The minimum absolute atomic E-state index is 0.0523. The molecule has 0 aliphatic carbocycles. The summed E-state index contributed by atoms with van der Waals surface area (Å²) in [5.41, 5.74) is 4.92. The van der Waals surface area contributed by atoms with Gasteiger partial charge in [-0.25, -0.2) is 0 Å². The minimum atomic E-state index is -1.06. The third-order valence-corrected chi connectivity index (χ3v) is 2.44. The summed E-state index contributed by atoms with van der Waals surface area (Å²) < 4.78 is 0. The van der Waals surface area contributed by atoms with Gasteiger partial charge < -0.3 is 26.4 Å². The third-order valence-electron chi connectivity index (χ3n) is 2.44. The Morgan fingerprint density at radius 1 is 1.11 bits per heavy atom. The van der Waals surface area contributed by atoms with Gasteiger partial charge in [0.15, 0.2) is 0 Å². The zero-order valence-corrected chi connectivity index (χ0v) is 10.3. The first-order chi connectivity index (χ1) is 8.47. The Hall–Kier alpha value is -1.18. The number of primary amides is 1. The van der Waals surface area contributed by atoms with Crippen molar-refractivity contribution in [3.8, 4) is 0 Å². The van der Waals surface area contributed by atoms with Crippen molar-refractivity contribution in [3.63, 3.8) is 0 Å². The van der Waals surface area contributed by atoms with Gasteiger partial charge in [-0.1, -0.05) is 0 Å². The summed E-state index contributed by atoms with van der Waals surface area (Å²) in [4.78, 5) is 21.7. The van der Waals surface area contributed by atoms with E-state index in [4.69, 9.17) is 10.8 Å². The van der Waals surface area contributed by atoms with Gasteiger partial charge in [-0.15, -0.1) is 0 Å². The molecular formula is C11H22N2O5. The number of hydrogen-bond donors (Lipinski definition) is 5. The van der Waals surface area contributed by atoms with E-state index in [2.05, 4.69) is 5.32 Å². The van der Waals surface area contributed by atoms with Gasteiger partial charge in [-0.05, 0) is 19.3 Å².